The number of rotatable bonds is 7. The fourth-order valence-electron chi connectivity index (χ4n) is 3.91. The van der Waals surface area contributed by atoms with Crippen LogP contribution in [-0.2, 0) is 4.74 Å². The van der Waals surface area contributed by atoms with Crippen LogP contribution in [0.1, 0.15) is 21.5 Å². The number of ether oxygens (including phenoxy) is 1. The van der Waals surface area contributed by atoms with E-state index in [-0.39, 0.29) is 12.2 Å². The summed E-state index contributed by atoms with van der Waals surface area (Å²) in [4.78, 5) is 33.0. The summed E-state index contributed by atoms with van der Waals surface area (Å²) < 4.78 is 5.23. The van der Waals surface area contributed by atoms with Crippen molar-refractivity contribution in [2.24, 2.45) is 0 Å². The van der Waals surface area contributed by atoms with Crippen LogP contribution in [0.15, 0.2) is 84.9 Å². The van der Waals surface area contributed by atoms with Crippen molar-refractivity contribution in [1.29, 1.82) is 0 Å². The lowest BCUT2D eigenvalue weighted by Crippen LogP contribution is -2.06. The number of fused-ring (bicyclic) bond motifs is 1. The van der Waals surface area contributed by atoms with Crippen LogP contribution in [0.4, 0.5) is 11.4 Å². The Bertz CT molecular complexity index is 1450. The van der Waals surface area contributed by atoms with Crippen LogP contribution in [0.2, 0.25) is 0 Å². The SMILES string of the molecule is Cc1cc(-c2ccccc2)c(/C=C/COC(=O)c2cc([N+](=O)[O-])cc([N+](=O)[O-])c2)c2ccccc12. The molecule has 0 aliphatic rings. The second kappa shape index (κ2) is 9.96. The summed E-state index contributed by atoms with van der Waals surface area (Å²) in [5, 5.41) is 24.3. The molecule has 0 heterocycles. The molecule has 0 saturated heterocycles. The second-order valence-corrected chi connectivity index (χ2v) is 7.82. The van der Waals surface area contributed by atoms with Crippen molar-refractivity contribution < 1.29 is 19.4 Å². The topological polar surface area (TPSA) is 113 Å². The minimum absolute atomic E-state index is 0.119. The normalized spacial score (nSPS) is 11.0. The fourth-order valence-corrected chi connectivity index (χ4v) is 3.91. The smallest absolute Gasteiger partial charge is 0.338 e. The molecule has 0 N–H and O–H groups in total. The Balaban J connectivity index is 1.62. The van der Waals surface area contributed by atoms with Gasteiger partial charge in [0.1, 0.15) is 6.61 Å². The Kier molecular flexibility index (Phi) is 6.64. The van der Waals surface area contributed by atoms with E-state index in [1.165, 1.54) is 0 Å². The standard InChI is InChI=1S/C27H20N2O6/c1-18-14-26(19-8-3-2-4-9-19)25(24-11-6-5-10-23(18)24)12-7-13-35-27(30)20-15-21(28(31)32)17-22(16-20)29(33)34/h2-12,14-17H,13H2,1H3/b12-7+. The van der Waals surface area contributed by atoms with Crippen LogP contribution in [-0.4, -0.2) is 22.4 Å². The number of esters is 1. The first-order valence-corrected chi connectivity index (χ1v) is 10.7. The van der Waals surface area contributed by atoms with Gasteiger partial charge in [-0.15, -0.1) is 0 Å². The van der Waals surface area contributed by atoms with E-state index in [9.17, 15) is 25.0 Å². The van der Waals surface area contributed by atoms with Crippen LogP contribution in [0.3, 0.4) is 0 Å². The lowest BCUT2D eigenvalue weighted by Gasteiger charge is -2.13. The predicted molar refractivity (Wildman–Crippen MR) is 133 cm³/mol. The van der Waals surface area contributed by atoms with Gasteiger partial charge in [-0.1, -0.05) is 66.7 Å². The van der Waals surface area contributed by atoms with Gasteiger partial charge in [0.15, 0.2) is 0 Å². The third kappa shape index (κ3) is 5.06. The number of carbonyl (C=O) groups is 1. The summed E-state index contributed by atoms with van der Waals surface area (Å²) in [6, 6.07) is 22.8. The molecule has 0 atom stereocenters. The molecule has 0 fully saturated rings. The maximum Gasteiger partial charge on any atom is 0.338 e. The molecule has 0 radical (unpaired) electrons. The molecule has 8 nitrogen and oxygen atoms in total. The average molecular weight is 468 g/mol. The zero-order valence-electron chi connectivity index (χ0n) is 18.7. The lowest BCUT2D eigenvalue weighted by molar-refractivity contribution is -0.394. The molecule has 0 amide bonds. The molecule has 4 aromatic carbocycles. The monoisotopic (exact) mass is 468 g/mol. The van der Waals surface area contributed by atoms with Crippen molar-refractivity contribution in [2.45, 2.75) is 6.92 Å². The number of hydrogen-bond acceptors (Lipinski definition) is 6. The van der Waals surface area contributed by atoms with Gasteiger partial charge in [-0.3, -0.25) is 20.2 Å². The summed E-state index contributed by atoms with van der Waals surface area (Å²) in [6.07, 6.45) is 3.54. The molecule has 0 saturated carbocycles. The second-order valence-electron chi connectivity index (χ2n) is 7.82. The van der Waals surface area contributed by atoms with Crippen molar-refractivity contribution in [3.05, 3.63) is 122 Å². The first-order chi connectivity index (χ1) is 16.8. The number of aryl methyl sites for hydroxylation is 1. The fraction of sp³-hybridized carbons (Fsp3) is 0.0741. The van der Waals surface area contributed by atoms with E-state index in [1.54, 1.807) is 6.08 Å². The molecule has 4 aromatic rings. The maximum atomic E-state index is 12.4. The van der Waals surface area contributed by atoms with Crippen LogP contribution in [0.25, 0.3) is 28.0 Å². The lowest BCUT2D eigenvalue weighted by atomic mass is 9.91. The zero-order chi connectivity index (χ0) is 24.9. The van der Waals surface area contributed by atoms with Gasteiger partial charge >= 0.3 is 5.97 Å². The summed E-state index contributed by atoms with van der Waals surface area (Å²) in [7, 11) is 0. The van der Waals surface area contributed by atoms with Crippen LogP contribution in [0, 0.1) is 27.2 Å². The third-order valence-electron chi connectivity index (χ3n) is 5.53. The highest BCUT2D eigenvalue weighted by molar-refractivity contribution is 5.99. The first-order valence-electron chi connectivity index (χ1n) is 10.7. The van der Waals surface area contributed by atoms with E-state index in [4.69, 9.17) is 4.74 Å². The van der Waals surface area contributed by atoms with Crippen molar-refractivity contribution in [1.82, 2.24) is 0 Å². The summed E-state index contributed by atoms with van der Waals surface area (Å²) in [5.74, 6) is -0.890. The molecule has 4 rings (SSSR count). The third-order valence-corrected chi connectivity index (χ3v) is 5.53. The number of hydrogen-bond donors (Lipinski definition) is 0. The molecule has 0 unspecified atom stereocenters. The van der Waals surface area contributed by atoms with Crippen LogP contribution >= 0.6 is 0 Å². The summed E-state index contributed by atoms with van der Waals surface area (Å²) >= 11 is 0. The molecule has 0 aliphatic carbocycles. The summed E-state index contributed by atoms with van der Waals surface area (Å²) in [6.45, 7) is 1.94. The van der Waals surface area contributed by atoms with Gasteiger partial charge in [-0.25, -0.2) is 4.79 Å². The zero-order valence-corrected chi connectivity index (χ0v) is 18.7. The molecule has 35 heavy (non-hydrogen) atoms. The number of benzene rings is 4. The molecule has 8 heteroatoms. The van der Waals surface area contributed by atoms with Crippen molar-refractivity contribution in [3.8, 4) is 11.1 Å². The number of nitrogens with zero attached hydrogens (tertiary/aromatic N) is 2. The van der Waals surface area contributed by atoms with Gasteiger partial charge in [0.05, 0.1) is 21.5 Å². The average Bonchev–Trinajstić information content (AvgIpc) is 2.87. The van der Waals surface area contributed by atoms with Gasteiger partial charge < -0.3 is 4.74 Å². The quantitative estimate of drug-likeness (QED) is 0.174. The van der Waals surface area contributed by atoms with Gasteiger partial charge in [0.25, 0.3) is 11.4 Å². The molecule has 0 spiro atoms. The predicted octanol–water partition coefficient (Wildman–Crippen LogP) is 6.50. The van der Waals surface area contributed by atoms with E-state index in [0.29, 0.717) is 0 Å². The molecule has 174 valence electrons. The van der Waals surface area contributed by atoms with Gasteiger partial charge in [-0.05, 0) is 46.0 Å². The molecule has 0 bridgehead atoms. The Hall–Kier alpha value is -4.85. The summed E-state index contributed by atoms with van der Waals surface area (Å²) in [5.41, 5.74) is 2.79. The minimum atomic E-state index is -0.890. The molecular formula is C27H20N2O6. The van der Waals surface area contributed by atoms with Crippen molar-refractivity contribution in [2.75, 3.05) is 6.61 Å². The Morgan fingerprint density at radius 3 is 2.09 bits per heavy atom. The van der Waals surface area contributed by atoms with Crippen molar-refractivity contribution in [3.63, 3.8) is 0 Å². The molecule has 0 aliphatic heterocycles. The largest absolute Gasteiger partial charge is 0.458 e. The number of non-ortho nitro benzene ring substituents is 2. The first kappa shape index (κ1) is 23.3. The van der Waals surface area contributed by atoms with Gasteiger partial charge in [0.2, 0.25) is 0 Å². The van der Waals surface area contributed by atoms with E-state index in [1.807, 2.05) is 60.7 Å². The molecule has 0 aromatic heterocycles. The Labute approximate surface area is 200 Å². The van der Waals surface area contributed by atoms with E-state index < -0.39 is 27.2 Å². The highest BCUT2D eigenvalue weighted by Crippen LogP contribution is 2.33. The van der Waals surface area contributed by atoms with E-state index >= 15 is 0 Å². The number of carbonyl (C=O) groups excluding carboxylic acids is 1. The number of nitro benzene ring substituents is 2. The van der Waals surface area contributed by atoms with Crippen molar-refractivity contribution >= 4 is 34.2 Å². The van der Waals surface area contributed by atoms with E-state index in [2.05, 4.69) is 13.0 Å². The van der Waals surface area contributed by atoms with Gasteiger partial charge in [0, 0.05) is 12.1 Å². The highest BCUT2D eigenvalue weighted by atomic mass is 16.6. The Morgan fingerprint density at radius 2 is 1.46 bits per heavy atom. The number of nitro groups is 2. The van der Waals surface area contributed by atoms with Gasteiger partial charge in [-0.2, -0.15) is 0 Å². The van der Waals surface area contributed by atoms with Crippen LogP contribution in [0.5, 0.6) is 0 Å². The minimum Gasteiger partial charge on any atom is -0.458 e. The van der Waals surface area contributed by atoms with E-state index in [0.717, 1.165) is 51.2 Å². The highest BCUT2D eigenvalue weighted by Gasteiger charge is 2.20. The Morgan fingerprint density at radius 1 is 0.857 bits per heavy atom. The molecular weight excluding hydrogens is 448 g/mol. The maximum absolute atomic E-state index is 12.4. The van der Waals surface area contributed by atoms with Crippen LogP contribution < -0.4 is 0 Å².